The molecule has 108 valence electrons. The van der Waals surface area contributed by atoms with Gasteiger partial charge in [0.25, 0.3) is 0 Å². The van der Waals surface area contributed by atoms with Gasteiger partial charge < -0.3 is 4.90 Å². The predicted octanol–water partition coefficient (Wildman–Crippen LogP) is 3.13. The van der Waals surface area contributed by atoms with E-state index < -0.39 is 0 Å². The van der Waals surface area contributed by atoms with Gasteiger partial charge in [0.15, 0.2) is 0 Å². The highest BCUT2D eigenvalue weighted by atomic mass is 32.2. The molecule has 0 unspecified atom stereocenters. The van der Waals surface area contributed by atoms with Gasteiger partial charge in [0.05, 0.1) is 11.7 Å². The van der Waals surface area contributed by atoms with Crippen LogP contribution in [0.25, 0.3) is 5.52 Å². The summed E-state index contributed by atoms with van der Waals surface area (Å²) >= 11 is 3.72. The van der Waals surface area contributed by atoms with Crippen LogP contribution in [0.3, 0.4) is 0 Å². The maximum absolute atomic E-state index is 4.86. The average Bonchev–Trinajstić information content (AvgIpc) is 2.91. The summed E-state index contributed by atoms with van der Waals surface area (Å²) in [6.45, 7) is 6.51. The van der Waals surface area contributed by atoms with Crippen LogP contribution in [0.1, 0.15) is 25.6 Å². The minimum atomic E-state index is 0.400. The lowest BCUT2D eigenvalue weighted by Gasteiger charge is -2.28. The third-order valence-electron chi connectivity index (χ3n) is 3.52. The summed E-state index contributed by atoms with van der Waals surface area (Å²) in [5, 5.41) is 1.07. The van der Waals surface area contributed by atoms with Gasteiger partial charge in [-0.3, -0.25) is 4.40 Å². The first-order chi connectivity index (χ1) is 9.70. The number of hydrogen-bond acceptors (Lipinski definition) is 5. The standard InChI is InChI=1S/C14H20N4S2/c1-10(2)13-15-9-11-8-12(19-3)16-14(18(11)13)17-4-6-20-7-5-17/h8-10H,4-7H2,1-3H3. The van der Waals surface area contributed by atoms with E-state index in [1.165, 1.54) is 11.5 Å². The topological polar surface area (TPSA) is 33.4 Å². The van der Waals surface area contributed by atoms with Gasteiger partial charge in [-0.05, 0) is 12.3 Å². The van der Waals surface area contributed by atoms with Crippen molar-refractivity contribution in [3.8, 4) is 0 Å². The summed E-state index contributed by atoms with van der Waals surface area (Å²) < 4.78 is 2.24. The quantitative estimate of drug-likeness (QED) is 0.643. The summed E-state index contributed by atoms with van der Waals surface area (Å²) in [5.74, 6) is 4.93. The summed E-state index contributed by atoms with van der Waals surface area (Å²) in [6, 6.07) is 2.13. The Hall–Kier alpha value is -0.880. The molecular weight excluding hydrogens is 288 g/mol. The molecule has 2 aromatic heterocycles. The van der Waals surface area contributed by atoms with Crippen LogP contribution in [0.2, 0.25) is 0 Å². The van der Waals surface area contributed by atoms with Crippen molar-refractivity contribution in [1.29, 1.82) is 0 Å². The Bertz CT molecular complexity index is 602. The fourth-order valence-electron chi connectivity index (χ4n) is 2.49. The van der Waals surface area contributed by atoms with Gasteiger partial charge in [-0.2, -0.15) is 11.8 Å². The SMILES string of the molecule is CSc1cc2cnc(C(C)C)n2c(N2CCSCC2)n1. The lowest BCUT2D eigenvalue weighted by molar-refractivity contribution is 0.730. The first-order valence-electron chi connectivity index (χ1n) is 6.96. The highest BCUT2D eigenvalue weighted by Crippen LogP contribution is 2.27. The molecule has 6 heteroatoms. The number of imidazole rings is 1. The molecule has 0 radical (unpaired) electrons. The first-order valence-corrected chi connectivity index (χ1v) is 9.33. The Morgan fingerprint density at radius 2 is 2.05 bits per heavy atom. The lowest BCUT2D eigenvalue weighted by Crippen LogP contribution is -2.35. The first kappa shape index (κ1) is 14.1. The summed E-state index contributed by atoms with van der Waals surface area (Å²) in [5.41, 5.74) is 1.15. The number of thioether (sulfide) groups is 2. The molecule has 1 aliphatic heterocycles. The van der Waals surface area contributed by atoms with Crippen molar-refractivity contribution in [1.82, 2.24) is 14.4 Å². The number of anilines is 1. The maximum atomic E-state index is 4.86. The molecule has 0 amide bonds. The van der Waals surface area contributed by atoms with Gasteiger partial charge in [-0.1, -0.05) is 13.8 Å². The second-order valence-electron chi connectivity index (χ2n) is 5.23. The van der Waals surface area contributed by atoms with E-state index in [0.717, 1.165) is 35.4 Å². The Balaban J connectivity index is 2.17. The van der Waals surface area contributed by atoms with Crippen molar-refractivity contribution in [3.05, 3.63) is 18.1 Å². The average molecular weight is 308 g/mol. The van der Waals surface area contributed by atoms with Crippen LogP contribution in [0, 0.1) is 0 Å². The third kappa shape index (κ3) is 2.51. The lowest BCUT2D eigenvalue weighted by atomic mass is 10.2. The van der Waals surface area contributed by atoms with Gasteiger partial charge in [-0.25, -0.2) is 9.97 Å². The van der Waals surface area contributed by atoms with E-state index in [4.69, 9.17) is 4.98 Å². The van der Waals surface area contributed by atoms with Gasteiger partial charge >= 0.3 is 0 Å². The van der Waals surface area contributed by atoms with Crippen molar-refractivity contribution in [3.63, 3.8) is 0 Å². The Morgan fingerprint density at radius 3 is 2.70 bits per heavy atom. The normalized spacial score (nSPS) is 16.3. The van der Waals surface area contributed by atoms with Crippen LogP contribution < -0.4 is 4.90 Å². The largest absolute Gasteiger partial charge is 0.340 e. The smallest absolute Gasteiger partial charge is 0.212 e. The maximum Gasteiger partial charge on any atom is 0.212 e. The number of hydrogen-bond donors (Lipinski definition) is 0. The van der Waals surface area contributed by atoms with Gasteiger partial charge in [0.2, 0.25) is 5.95 Å². The Labute approximate surface area is 128 Å². The number of fused-ring (bicyclic) bond motifs is 1. The molecular formula is C14H20N4S2. The van der Waals surface area contributed by atoms with Crippen molar-refractivity contribution >= 4 is 35.0 Å². The molecule has 0 atom stereocenters. The molecule has 0 aromatic carbocycles. The van der Waals surface area contributed by atoms with E-state index in [1.807, 2.05) is 18.0 Å². The van der Waals surface area contributed by atoms with Crippen LogP contribution in [0.5, 0.6) is 0 Å². The molecule has 20 heavy (non-hydrogen) atoms. The molecule has 1 aliphatic rings. The molecule has 3 heterocycles. The molecule has 4 nitrogen and oxygen atoms in total. The van der Waals surface area contributed by atoms with E-state index in [0.29, 0.717) is 5.92 Å². The fourth-order valence-corrected chi connectivity index (χ4v) is 3.81. The zero-order valence-electron chi connectivity index (χ0n) is 12.2. The highest BCUT2D eigenvalue weighted by Gasteiger charge is 2.20. The zero-order chi connectivity index (χ0) is 14.1. The number of aromatic nitrogens is 3. The minimum absolute atomic E-state index is 0.400. The van der Waals surface area contributed by atoms with Crippen LogP contribution in [0.15, 0.2) is 17.3 Å². The molecule has 0 aliphatic carbocycles. The summed E-state index contributed by atoms with van der Waals surface area (Å²) in [4.78, 5) is 11.9. The highest BCUT2D eigenvalue weighted by molar-refractivity contribution is 7.99. The monoisotopic (exact) mass is 308 g/mol. The molecule has 3 rings (SSSR count). The van der Waals surface area contributed by atoms with Crippen molar-refractivity contribution in [2.75, 3.05) is 35.8 Å². The Kier molecular flexibility index (Phi) is 4.12. The summed E-state index contributed by atoms with van der Waals surface area (Å²) in [7, 11) is 0. The van der Waals surface area contributed by atoms with Gasteiger partial charge in [0.1, 0.15) is 10.9 Å². The van der Waals surface area contributed by atoms with Crippen LogP contribution in [-0.4, -0.2) is 45.2 Å². The van der Waals surface area contributed by atoms with Crippen LogP contribution in [0.4, 0.5) is 5.95 Å². The molecule has 0 spiro atoms. The third-order valence-corrected chi connectivity index (χ3v) is 5.09. The number of nitrogens with zero attached hydrogens (tertiary/aromatic N) is 4. The fraction of sp³-hybridized carbons (Fsp3) is 0.571. The summed E-state index contributed by atoms with van der Waals surface area (Å²) in [6.07, 6.45) is 4.05. The second kappa shape index (κ2) is 5.85. The van der Waals surface area contributed by atoms with Crippen LogP contribution in [-0.2, 0) is 0 Å². The van der Waals surface area contributed by atoms with Crippen LogP contribution >= 0.6 is 23.5 Å². The predicted molar refractivity (Wildman–Crippen MR) is 88.4 cm³/mol. The Morgan fingerprint density at radius 1 is 1.30 bits per heavy atom. The van der Waals surface area contributed by atoms with Gasteiger partial charge in [-0.15, -0.1) is 11.8 Å². The minimum Gasteiger partial charge on any atom is -0.340 e. The zero-order valence-corrected chi connectivity index (χ0v) is 13.8. The molecule has 2 aromatic rings. The molecule has 1 fully saturated rings. The molecule has 0 N–H and O–H groups in total. The second-order valence-corrected chi connectivity index (χ2v) is 7.28. The van der Waals surface area contributed by atoms with E-state index in [2.05, 4.69) is 40.5 Å². The molecule has 0 saturated carbocycles. The molecule has 0 bridgehead atoms. The van der Waals surface area contributed by atoms with Crippen molar-refractivity contribution in [2.45, 2.75) is 24.8 Å². The van der Waals surface area contributed by atoms with Crippen molar-refractivity contribution in [2.24, 2.45) is 0 Å². The van der Waals surface area contributed by atoms with E-state index in [1.54, 1.807) is 11.8 Å². The van der Waals surface area contributed by atoms with Crippen molar-refractivity contribution < 1.29 is 0 Å². The van der Waals surface area contributed by atoms with E-state index >= 15 is 0 Å². The number of rotatable bonds is 3. The molecule has 1 saturated heterocycles. The van der Waals surface area contributed by atoms with E-state index in [-0.39, 0.29) is 0 Å². The van der Waals surface area contributed by atoms with E-state index in [9.17, 15) is 0 Å². The van der Waals surface area contributed by atoms with Gasteiger partial charge in [0, 0.05) is 30.5 Å².